The number of esters is 1. The average Bonchev–Trinajstić information content (AvgIpc) is 2.74. The Kier molecular flexibility index (Phi) is 5.97. The van der Waals surface area contributed by atoms with Crippen LogP contribution in [0.5, 0.6) is 0 Å². The van der Waals surface area contributed by atoms with Gasteiger partial charge in [-0.25, -0.2) is 14.8 Å². The van der Waals surface area contributed by atoms with Crippen LogP contribution in [-0.2, 0) is 4.74 Å². The van der Waals surface area contributed by atoms with E-state index in [0.717, 1.165) is 11.3 Å². The lowest BCUT2D eigenvalue weighted by atomic mass is 10.1. The first kappa shape index (κ1) is 20.1. The molecule has 150 valence electrons. The van der Waals surface area contributed by atoms with Crippen molar-refractivity contribution in [3.8, 4) is 0 Å². The molecule has 1 aromatic heterocycles. The minimum atomic E-state index is -0.421. The number of nitrogen functional groups attached to an aromatic ring is 1. The van der Waals surface area contributed by atoms with E-state index in [1.807, 2.05) is 56.1 Å². The predicted molar refractivity (Wildman–Crippen MR) is 116 cm³/mol. The van der Waals surface area contributed by atoms with Gasteiger partial charge in [-0.15, -0.1) is 0 Å². The number of hydrogen-bond donors (Lipinski definition) is 1. The number of ether oxygens (including phenoxy) is 1. The van der Waals surface area contributed by atoms with Crippen LogP contribution in [-0.4, -0.2) is 36.6 Å². The summed E-state index contributed by atoms with van der Waals surface area (Å²) in [6.45, 7) is 4.77. The van der Waals surface area contributed by atoms with Crippen molar-refractivity contribution in [3.05, 3.63) is 66.0 Å². The molecule has 7 heteroatoms. The molecule has 0 aliphatic rings. The van der Waals surface area contributed by atoms with E-state index in [1.165, 1.54) is 13.4 Å². The second-order valence-electron chi connectivity index (χ2n) is 6.59. The van der Waals surface area contributed by atoms with Crippen molar-refractivity contribution in [2.24, 2.45) is 0 Å². The molecular formula is C22H25N5O2. The lowest BCUT2D eigenvalue weighted by molar-refractivity contribution is 0.0601. The van der Waals surface area contributed by atoms with E-state index >= 15 is 0 Å². The van der Waals surface area contributed by atoms with E-state index in [1.54, 1.807) is 17.0 Å². The van der Waals surface area contributed by atoms with Crippen molar-refractivity contribution in [1.82, 2.24) is 9.97 Å². The van der Waals surface area contributed by atoms with E-state index in [0.29, 0.717) is 35.1 Å². The molecule has 0 atom stereocenters. The van der Waals surface area contributed by atoms with Crippen LogP contribution in [0.4, 0.5) is 28.7 Å². The van der Waals surface area contributed by atoms with Crippen molar-refractivity contribution in [2.75, 3.05) is 36.2 Å². The Morgan fingerprint density at radius 1 is 1.10 bits per heavy atom. The number of anilines is 5. The predicted octanol–water partition coefficient (Wildman–Crippen LogP) is 4.08. The van der Waals surface area contributed by atoms with Gasteiger partial charge in [-0.3, -0.25) is 0 Å². The summed E-state index contributed by atoms with van der Waals surface area (Å²) >= 11 is 0. The number of carbonyl (C=O) groups excluding carboxylic acids is 1. The number of hydrogen-bond acceptors (Lipinski definition) is 7. The number of nitrogens with zero attached hydrogens (tertiary/aromatic N) is 4. The Morgan fingerprint density at radius 3 is 2.52 bits per heavy atom. The molecule has 2 aromatic carbocycles. The molecule has 0 fully saturated rings. The number of nitrogens with two attached hydrogens (primary N) is 1. The number of para-hydroxylation sites is 1. The first-order valence-corrected chi connectivity index (χ1v) is 9.33. The molecule has 7 nitrogen and oxygen atoms in total. The first-order chi connectivity index (χ1) is 14.0. The minimum Gasteiger partial charge on any atom is -0.465 e. The summed E-state index contributed by atoms with van der Waals surface area (Å²) in [4.78, 5) is 24.8. The maximum absolute atomic E-state index is 12.2. The van der Waals surface area contributed by atoms with Gasteiger partial charge in [0.2, 0.25) is 0 Å². The summed E-state index contributed by atoms with van der Waals surface area (Å²) in [6, 6.07) is 15.3. The summed E-state index contributed by atoms with van der Waals surface area (Å²) in [7, 11) is 3.17. The molecule has 0 saturated carbocycles. The second kappa shape index (κ2) is 8.60. The molecule has 0 spiro atoms. The van der Waals surface area contributed by atoms with Crippen molar-refractivity contribution >= 4 is 34.7 Å². The highest BCUT2D eigenvalue weighted by Crippen LogP contribution is 2.36. The number of rotatable bonds is 6. The molecule has 3 aromatic rings. The molecule has 0 unspecified atom stereocenters. The number of carbonyl (C=O) groups is 1. The molecule has 0 bridgehead atoms. The summed E-state index contributed by atoms with van der Waals surface area (Å²) in [5.41, 5.74) is 10.2. The Bertz CT molecular complexity index is 1020. The number of aryl methyl sites for hydroxylation is 1. The van der Waals surface area contributed by atoms with Gasteiger partial charge in [0, 0.05) is 19.3 Å². The van der Waals surface area contributed by atoms with Gasteiger partial charge in [-0.05, 0) is 43.7 Å². The van der Waals surface area contributed by atoms with Crippen LogP contribution in [0.25, 0.3) is 0 Å². The number of benzene rings is 2. The normalized spacial score (nSPS) is 10.5. The van der Waals surface area contributed by atoms with Gasteiger partial charge in [0.25, 0.3) is 0 Å². The van der Waals surface area contributed by atoms with Crippen LogP contribution in [0.2, 0.25) is 0 Å². The quantitative estimate of drug-likeness (QED) is 0.634. The Morgan fingerprint density at radius 2 is 1.83 bits per heavy atom. The van der Waals surface area contributed by atoms with Crippen LogP contribution in [0, 0.1) is 6.92 Å². The Hall–Kier alpha value is -3.61. The molecule has 2 N–H and O–H groups in total. The molecule has 29 heavy (non-hydrogen) atoms. The van der Waals surface area contributed by atoms with Gasteiger partial charge >= 0.3 is 5.97 Å². The van der Waals surface area contributed by atoms with Gasteiger partial charge in [-0.2, -0.15) is 0 Å². The van der Waals surface area contributed by atoms with Crippen molar-refractivity contribution in [1.29, 1.82) is 0 Å². The van der Waals surface area contributed by atoms with Gasteiger partial charge in [0.1, 0.15) is 12.0 Å². The zero-order valence-electron chi connectivity index (χ0n) is 17.1. The molecule has 0 amide bonds. The van der Waals surface area contributed by atoms with Crippen LogP contribution >= 0.6 is 0 Å². The molecule has 1 heterocycles. The van der Waals surface area contributed by atoms with Gasteiger partial charge < -0.3 is 20.3 Å². The highest BCUT2D eigenvalue weighted by atomic mass is 16.5. The third kappa shape index (κ3) is 3.99. The van der Waals surface area contributed by atoms with Crippen LogP contribution in [0.15, 0.2) is 54.9 Å². The first-order valence-electron chi connectivity index (χ1n) is 9.33. The summed E-state index contributed by atoms with van der Waals surface area (Å²) < 4.78 is 4.90. The lowest BCUT2D eigenvalue weighted by Gasteiger charge is -2.27. The summed E-state index contributed by atoms with van der Waals surface area (Å²) in [5.74, 6) is 0.707. The topological polar surface area (TPSA) is 84.6 Å². The summed E-state index contributed by atoms with van der Waals surface area (Å²) in [5, 5.41) is 0. The van der Waals surface area contributed by atoms with E-state index in [-0.39, 0.29) is 0 Å². The molecule has 0 aliphatic heterocycles. The third-order valence-corrected chi connectivity index (χ3v) is 4.72. The second-order valence-corrected chi connectivity index (χ2v) is 6.59. The van der Waals surface area contributed by atoms with E-state index < -0.39 is 5.97 Å². The SMILES string of the molecule is CCN(c1cccc(C)c1)c1ncnc(N(C)c2ccccc2C(=O)OC)c1N. The highest BCUT2D eigenvalue weighted by Gasteiger charge is 2.21. The molecule has 3 rings (SSSR count). The van der Waals surface area contributed by atoms with Crippen LogP contribution < -0.4 is 15.5 Å². The molecular weight excluding hydrogens is 366 g/mol. The standard InChI is InChI=1S/C22H25N5O2/c1-5-27(16-10-8-9-15(2)13-16)21-19(23)20(24-14-25-21)26(3)18-12-7-6-11-17(18)22(28)29-4/h6-14H,5,23H2,1-4H3. The Balaban J connectivity index is 2.06. The van der Waals surface area contributed by atoms with Crippen molar-refractivity contribution < 1.29 is 9.53 Å². The summed E-state index contributed by atoms with van der Waals surface area (Å²) in [6.07, 6.45) is 1.48. The van der Waals surface area contributed by atoms with Gasteiger partial charge in [0.05, 0.1) is 18.4 Å². The fourth-order valence-electron chi connectivity index (χ4n) is 3.27. The zero-order valence-corrected chi connectivity index (χ0v) is 17.1. The van der Waals surface area contributed by atoms with E-state index in [2.05, 4.69) is 16.0 Å². The third-order valence-electron chi connectivity index (χ3n) is 4.72. The maximum atomic E-state index is 12.2. The fraction of sp³-hybridized carbons (Fsp3) is 0.227. The molecule has 0 saturated heterocycles. The van der Waals surface area contributed by atoms with Crippen LogP contribution in [0.3, 0.4) is 0 Å². The smallest absolute Gasteiger partial charge is 0.339 e. The number of aromatic nitrogens is 2. The highest BCUT2D eigenvalue weighted by molar-refractivity contribution is 5.97. The van der Waals surface area contributed by atoms with Crippen molar-refractivity contribution in [2.45, 2.75) is 13.8 Å². The lowest BCUT2D eigenvalue weighted by Crippen LogP contribution is -2.22. The average molecular weight is 391 g/mol. The molecule has 0 aliphatic carbocycles. The fourth-order valence-corrected chi connectivity index (χ4v) is 3.27. The molecule has 0 radical (unpaired) electrons. The van der Waals surface area contributed by atoms with E-state index in [9.17, 15) is 4.79 Å². The largest absolute Gasteiger partial charge is 0.465 e. The van der Waals surface area contributed by atoms with Gasteiger partial charge in [-0.1, -0.05) is 24.3 Å². The zero-order chi connectivity index (χ0) is 21.0. The Labute approximate surface area is 170 Å². The van der Waals surface area contributed by atoms with Crippen molar-refractivity contribution in [3.63, 3.8) is 0 Å². The minimum absolute atomic E-state index is 0.421. The monoisotopic (exact) mass is 391 g/mol. The maximum Gasteiger partial charge on any atom is 0.339 e. The van der Waals surface area contributed by atoms with E-state index in [4.69, 9.17) is 10.5 Å². The number of methoxy groups -OCH3 is 1. The van der Waals surface area contributed by atoms with Gasteiger partial charge in [0.15, 0.2) is 11.6 Å². The van der Waals surface area contributed by atoms with Crippen LogP contribution in [0.1, 0.15) is 22.8 Å².